The molecule has 0 atom stereocenters. The number of anilines is 1. The number of oxazole rings is 1. The van der Waals surface area contributed by atoms with Crippen LogP contribution in [0.5, 0.6) is 0 Å². The zero-order valence-electron chi connectivity index (χ0n) is 15.8. The summed E-state index contributed by atoms with van der Waals surface area (Å²) >= 11 is 0. The van der Waals surface area contributed by atoms with E-state index in [0.29, 0.717) is 23.1 Å². The number of aryl methyl sites for hydroxylation is 2. The van der Waals surface area contributed by atoms with Gasteiger partial charge in [0.25, 0.3) is 10.0 Å². The lowest BCUT2D eigenvalue weighted by Gasteiger charge is -2.31. The van der Waals surface area contributed by atoms with E-state index in [2.05, 4.69) is 4.98 Å². The molecule has 2 heterocycles. The molecule has 1 aromatic heterocycles. The predicted octanol–water partition coefficient (Wildman–Crippen LogP) is 4.67. The lowest BCUT2D eigenvalue weighted by Crippen LogP contribution is -2.35. The molecule has 2 aromatic carbocycles. The standard InChI is InChI=1S/C22H22N2O3S/c1-15-8-9-18(20-14-23-22(27-20)17-10-11-17)13-21(15)28(25,26)24-12-4-6-16-5-2-3-7-19(16)24/h2-3,5,7-9,13-14,17H,4,6,10-12H2,1H3. The minimum Gasteiger partial charge on any atom is -0.440 e. The van der Waals surface area contributed by atoms with E-state index in [1.165, 1.54) is 0 Å². The first-order valence-corrected chi connectivity index (χ1v) is 11.2. The van der Waals surface area contributed by atoms with E-state index in [1.807, 2.05) is 43.3 Å². The maximum absolute atomic E-state index is 13.6. The summed E-state index contributed by atoms with van der Waals surface area (Å²) in [6, 6.07) is 13.2. The van der Waals surface area contributed by atoms with Gasteiger partial charge in [0.15, 0.2) is 11.7 Å². The Bertz CT molecular complexity index is 1150. The van der Waals surface area contributed by atoms with Crippen LogP contribution in [0.25, 0.3) is 11.3 Å². The van der Waals surface area contributed by atoms with Crippen LogP contribution in [-0.4, -0.2) is 19.9 Å². The average Bonchev–Trinajstić information content (AvgIpc) is 3.44. The summed E-state index contributed by atoms with van der Waals surface area (Å²) in [4.78, 5) is 4.69. The van der Waals surface area contributed by atoms with Gasteiger partial charge in [-0.1, -0.05) is 30.3 Å². The Morgan fingerprint density at radius 1 is 1.14 bits per heavy atom. The van der Waals surface area contributed by atoms with E-state index in [4.69, 9.17) is 4.42 Å². The van der Waals surface area contributed by atoms with Crippen LogP contribution in [0.15, 0.2) is 58.0 Å². The zero-order chi connectivity index (χ0) is 19.3. The molecule has 1 aliphatic carbocycles. The van der Waals surface area contributed by atoms with Crippen molar-refractivity contribution in [1.82, 2.24) is 4.98 Å². The SMILES string of the molecule is Cc1ccc(-c2cnc(C3CC3)o2)cc1S(=O)(=O)N1CCCc2ccccc21. The number of benzene rings is 2. The van der Waals surface area contributed by atoms with Gasteiger partial charge in [0.05, 0.1) is 16.8 Å². The topological polar surface area (TPSA) is 63.4 Å². The Hall–Kier alpha value is -2.60. The third kappa shape index (κ3) is 2.92. The summed E-state index contributed by atoms with van der Waals surface area (Å²) in [5, 5.41) is 0. The highest BCUT2D eigenvalue weighted by molar-refractivity contribution is 7.92. The van der Waals surface area contributed by atoms with Gasteiger partial charge in [-0.05, 0) is 55.9 Å². The van der Waals surface area contributed by atoms with Gasteiger partial charge in [-0.25, -0.2) is 13.4 Å². The number of para-hydroxylation sites is 1. The van der Waals surface area contributed by atoms with Crippen LogP contribution < -0.4 is 4.31 Å². The molecule has 1 fully saturated rings. The monoisotopic (exact) mass is 394 g/mol. The number of hydrogen-bond donors (Lipinski definition) is 0. The van der Waals surface area contributed by atoms with E-state index in [1.54, 1.807) is 16.6 Å². The first-order chi connectivity index (χ1) is 13.5. The first kappa shape index (κ1) is 17.5. The third-order valence-electron chi connectivity index (χ3n) is 5.56. The summed E-state index contributed by atoms with van der Waals surface area (Å²) in [6.07, 6.45) is 5.65. The van der Waals surface area contributed by atoms with E-state index in [9.17, 15) is 8.42 Å². The number of sulfonamides is 1. The molecular formula is C22H22N2O3S. The van der Waals surface area contributed by atoms with Gasteiger partial charge in [0, 0.05) is 18.0 Å². The molecule has 28 heavy (non-hydrogen) atoms. The molecule has 0 bridgehead atoms. The maximum Gasteiger partial charge on any atom is 0.264 e. The van der Waals surface area contributed by atoms with E-state index >= 15 is 0 Å². The summed E-state index contributed by atoms with van der Waals surface area (Å²) in [5.74, 6) is 1.80. The van der Waals surface area contributed by atoms with Gasteiger partial charge in [-0.3, -0.25) is 4.31 Å². The summed E-state index contributed by atoms with van der Waals surface area (Å²) in [7, 11) is -3.66. The van der Waals surface area contributed by atoms with Crippen molar-refractivity contribution in [2.75, 3.05) is 10.8 Å². The van der Waals surface area contributed by atoms with Crippen molar-refractivity contribution < 1.29 is 12.8 Å². The Balaban J connectivity index is 1.56. The number of hydrogen-bond acceptors (Lipinski definition) is 4. The molecule has 0 amide bonds. The fourth-order valence-corrected chi connectivity index (χ4v) is 5.63. The molecule has 5 rings (SSSR count). The highest BCUT2D eigenvalue weighted by atomic mass is 32.2. The molecule has 1 aliphatic heterocycles. The van der Waals surface area contributed by atoms with Gasteiger partial charge in [-0.15, -0.1) is 0 Å². The Labute approximate surface area is 165 Å². The fraction of sp³-hybridized carbons (Fsp3) is 0.318. The van der Waals surface area contributed by atoms with E-state index in [-0.39, 0.29) is 0 Å². The van der Waals surface area contributed by atoms with Crippen LogP contribution in [0.4, 0.5) is 5.69 Å². The largest absolute Gasteiger partial charge is 0.440 e. The molecule has 0 saturated heterocycles. The maximum atomic E-state index is 13.6. The van der Waals surface area contributed by atoms with Crippen molar-refractivity contribution in [2.24, 2.45) is 0 Å². The number of rotatable bonds is 4. The van der Waals surface area contributed by atoms with Gasteiger partial charge < -0.3 is 4.42 Å². The van der Waals surface area contributed by atoms with Crippen molar-refractivity contribution >= 4 is 15.7 Å². The van der Waals surface area contributed by atoms with Crippen LogP contribution in [0.2, 0.25) is 0 Å². The van der Waals surface area contributed by atoms with Crippen molar-refractivity contribution in [3.8, 4) is 11.3 Å². The molecule has 1 saturated carbocycles. The number of fused-ring (bicyclic) bond motifs is 1. The summed E-state index contributed by atoms with van der Waals surface area (Å²) < 4.78 is 34.5. The first-order valence-electron chi connectivity index (χ1n) is 9.71. The summed E-state index contributed by atoms with van der Waals surface area (Å²) in [6.45, 7) is 2.33. The van der Waals surface area contributed by atoms with E-state index in [0.717, 1.165) is 54.0 Å². The Kier molecular flexibility index (Phi) is 4.05. The second-order valence-electron chi connectivity index (χ2n) is 7.63. The summed E-state index contributed by atoms with van der Waals surface area (Å²) in [5.41, 5.74) is 3.34. The normalized spacial score (nSPS) is 16.8. The third-order valence-corrected chi connectivity index (χ3v) is 7.51. The van der Waals surface area contributed by atoms with Gasteiger partial charge in [-0.2, -0.15) is 0 Å². The molecule has 0 spiro atoms. The highest BCUT2D eigenvalue weighted by Gasteiger charge is 2.31. The Morgan fingerprint density at radius 2 is 1.96 bits per heavy atom. The lowest BCUT2D eigenvalue weighted by atomic mass is 10.0. The minimum atomic E-state index is -3.66. The fourth-order valence-electron chi connectivity index (χ4n) is 3.84. The molecule has 0 radical (unpaired) electrons. The van der Waals surface area contributed by atoms with Crippen LogP contribution in [0.3, 0.4) is 0 Å². The van der Waals surface area contributed by atoms with Crippen molar-refractivity contribution in [1.29, 1.82) is 0 Å². The molecule has 144 valence electrons. The van der Waals surface area contributed by atoms with Gasteiger partial charge >= 0.3 is 0 Å². The predicted molar refractivity (Wildman–Crippen MR) is 108 cm³/mol. The zero-order valence-corrected chi connectivity index (χ0v) is 16.6. The quantitative estimate of drug-likeness (QED) is 0.645. The van der Waals surface area contributed by atoms with Crippen molar-refractivity contribution in [3.63, 3.8) is 0 Å². The second-order valence-corrected chi connectivity index (χ2v) is 9.46. The van der Waals surface area contributed by atoms with Gasteiger partial charge in [0.1, 0.15) is 0 Å². The lowest BCUT2D eigenvalue weighted by molar-refractivity contribution is 0.509. The van der Waals surface area contributed by atoms with Crippen molar-refractivity contribution in [2.45, 2.75) is 43.4 Å². The Morgan fingerprint density at radius 3 is 2.79 bits per heavy atom. The number of aromatic nitrogens is 1. The second kappa shape index (κ2) is 6.48. The highest BCUT2D eigenvalue weighted by Crippen LogP contribution is 2.41. The van der Waals surface area contributed by atoms with Crippen molar-refractivity contribution in [3.05, 3.63) is 65.7 Å². The van der Waals surface area contributed by atoms with Crippen LogP contribution in [0, 0.1) is 6.92 Å². The molecule has 2 aliphatic rings. The molecule has 6 heteroatoms. The average molecular weight is 394 g/mol. The van der Waals surface area contributed by atoms with Gasteiger partial charge in [0.2, 0.25) is 0 Å². The minimum absolute atomic E-state index is 0.325. The smallest absolute Gasteiger partial charge is 0.264 e. The number of nitrogens with zero attached hydrogens (tertiary/aromatic N) is 2. The van der Waals surface area contributed by atoms with Crippen LogP contribution in [-0.2, 0) is 16.4 Å². The molecule has 5 nitrogen and oxygen atoms in total. The van der Waals surface area contributed by atoms with Crippen LogP contribution in [0.1, 0.15) is 42.2 Å². The molecule has 0 N–H and O–H groups in total. The molecule has 0 unspecified atom stereocenters. The van der Waals surface area contributed by atoms with Crippen LogP contribution >= 0.6 is 0 Å². The van der Waals surface area contributed by atoms with E-state index < -0.39 is 10.0 Å². The molecular weight excluding hydrogens is 372 g/mol. The molecule has 3 aromatic rings.